The van der Waals surface area contributed by atoms with Crippen LogP contribution in [0, 0.1) is 12.3 Å². The molecular weight excluding hydrogens is 305 g/mol. The summed E-state index contributed by atoms with van der Waals surface area (Å²) in [7, 11) is 0. The monoisotopic (exact) mass is 321 g/mol. The number of benzene rings is 1. The second-order valence-corrected chi connectivity index (χ2v) is 6.60. The Balaban J connectivity index is 2.72. The van der Waals surface area contributed by atoms with E-state index in [1.807, 2.05) is 16.7 Å². The van der Waals surface area contributed by atoms with Crippen LogP contribution in [-0.2, 0) is 12.0 Å². The Morgan fingerprint density at radius 2 is 2.00 bits per heavy atom. The minimum absolute atomic E-state index is 0.186. The summed E-state index contributed by atoms with van der Waals surface area (Å²) in [6.07, 6.45) is 5.44. The zero-order valence-corrected chi connectivity index (χ0v) is 13.8. The topological polar surface area (TPSA) is 43.8 Å². The van der Waals surface area contributed by atoms with Crippen molar-refractivity contribution in [3.8, 4) is 23.6 Å². The predicted octanol–water partition coefficient (Wildman–Crippen LogP) is 4.37. The fraction of sp³-hybridized carbons (Fsp3) is 0.312. The molecule has 0 aliphatic carbocycles. The molecule has 0 atom stereocenters. The summed E-state index contributed by atoms with van der Waals surface area (Å²) in [6.45, 7) is 6.55. The smallest absolute Gasteiger partial charge is 0.132 e. The SMILES string of the molecule is C#CCn1c(C(C)(C)C)nc(-c2cccc(Cl)c2Cl)c1N. The number of nitrogens with two attached hydrogens (primary N) is 1. The lowest BCUT2D eigenvalue weighted by molar-refractivity contribution is 0.517. The molecule has 0 bridgehead atoms. The van der Waals surface area contributed by atoms with Crippen molar-refractivity contribution < 1.29 is 0 Å². The molecule has 0 saturated carbocycles. The molecule has 21 heavy (non-hydrogen) atoms. The van der Waals surface area contributed by atoms with Gasteiger partial charge in [-0.2, -0.15) is 0 Å². The van der Waals surface area contributed by atoms with Crippen LogP contribution in [0.5, 0.6) is 0 Å². The van der Waals surface area contributed by atoms with Crippen molar-refractivity contribution in [2.75, 3.05) is 5.73 Å². The van der Waals surface area contributed by atoms with Crippen LogP contribution in [0.2, 0.25) is 10.0 Å². The average molecular weight is 322 g/mol. The third-order valence-corrected chi connectivity index (χ3v) is 3.95. The van der Waals surface area contributed by atoms with E-state index in [1.165, 1.54) is 0 Å². The second-order valence-electron chi connectivity index (χ2n) is 5.81. The van der Waals surface area contributed by atoms with Crippen LogP contribution in [-0.4, -0.2) is 9.55 Å². The molecule has 110 valence electrons. The van der Waals surface area contributed by atoms with Gasteiger partial charge in [-0.1, -0.05) is 62.0 Å². The van der Waals surface area contributed by atoms with Gasteiger partial charge in [-0.15, -0.1) is 6.42 Å². The van der Waals surface area contributed by atoms with Crippen molar-refractivity contribution in [2.24, 2.45) is 0 Å². The highest BCUT2D eigenvalue weighted by Crippen LogP contribution is 2.37. The van der Waals surface area contributed by atoms with Crippen molar-refractivity contribution in [3.05, 3.63) is 34.1 Å². The molecule has 0 saturated heterocycles. The Morgan fingerprint density at radius 1 is 1.33 bits per heavy atom. The molecule has 1 aromatic carbocycles. The Kier molecular flexibility index (Phi) is 4.22. The van der Waals surface area contributed by atoms with Crippen LogP contribution in [0.4, 0.5) is 5.82 Å². The van der Waals surface area contributed by atoms with Gasteiger partial charge < -0.3 is 10.3 Å². The minimum atomic E-state index is -0.186. The molecule has 2 aromatic rings. The van der Waals surface area contributed by atoms with Crippen molar-refractivity contribution in [1.29, 1.82) is 0 Å². The van der Waals surface area contributed by atoms with Crippen molar-refractivity contribution >= 4 is 29.0 Å². The molecule has 1 heterocycles. The summed E-state index contributed by atoms with van der Waals surface area (Å²) in [5.74, 6) is 3.94. The van der Waals surface area contributed by atoms with Crippen molar-refractivity contribution in [1.82, 2.24) is 9.55 Å². The van der Waals surface area contributed by atoms with E-state index < -0.39 is 0 Å². The molecule has 2 rings (SSSR count). The summed E-state index contributed by atoms with van der Waals surface area (Å²) in [5, 5.41) is 0.911. The lowest BCUT2D eigenvalue weighted by Crippen LogP contribution is -2.19. The number of terminal acetylenes is 1. The number of hydrogen-bond donors (Lipinski definition) is 1. The van der Waals surface area contributed by atoms with E-state index in [1.54, 1.807) is 6.07 Å². The molecule has 0 amide bonds. The van der Waals surface area contributed by atoms with E-state index in [-0.39, 0.29) is 5.41 Å². The number of nitrogen functional groups attached to an aromatic ring is 1. The fourth-order valence-electron chi connectivity index (χ4n) is 2.17. The van der Waals surface area contributed by atoms with E-state index in [9.17, 15) is 0 Å². The fourth-order valence-corrected chi connectivity index (χ4v) is 2.56. The zero-order valence-electron chi connectivity index (χ0n) is 12.2. The number of imidazole rings is 1. The van der Waals surface area contributed by atoms with Crippen LogP contribution in [0.3, 0.4) is 0 Å². The molecule has 0 fully saturated rings. The Bertz CT molecular complexity index is 718. The third-order valence-electron chi connectivity index (χ3n) is 3.13. The first-order valence-corrected chi connectivity index (χ1v) is 7.27. The van der Waals surface area contributed by atoms with Gasteiger partial charge in [0.2, 0.25) is 0 Å². The predicted molar refractivity (Wildman–Crippen MR) is 89.6 cm³/mol. The third kappa shape index (κ3) is 2.88. The first kappa shape index (κ1) is 15.8. The Morgan fingerprint density at radius 3 is 2.57 bits per heavy atom. The van der Waals surface area contributed by atoms with E-state index >= 15 is 0 Å². The number of halogens is 2. The van der Waals surface area contributed by atoms with Gasteiger partial charge in [-0.25, -0.2) is 4.98 Å². The zero-order chi connectivity index (χ0) is 15.8. The minimum Gasteiger partial charge on any atom is -0.383 e. The Labute approximate surface area is 135 Å². The maximum absolute atomic E-state index is 6.28. The molecule has 0 spiro atoms. The van der Waals surface area contributed by atoms with E-state index in [2.05, 4.69) is 31.7 Å². The van der Waals surface area contributed by atoms with Crippen LogP contribution in [0.15, 0.2) is 18.2 Å². The standard InChI is InChI=1S/C16H17Cl2N3/c1-5-9-21-14(19)13(20-15(21)16(2,3)4)10-7-6-8-11(17)12(10)18/h1,6-8H,9,19H2,2-4H3. The van der Waals surface area contributed by atoms with Gasteiger partial charge in [0.15, 0.2) is 0 Å². The molecule has 0 radical (unpaired) electrons. The first-order valence-electron chi connectivity index (χ1n) is 6.51. The maximum atomic E-state index is 6.28. The normalized spacial score (nSPS) is 11.4. The van der Waals surface area contributed by atoms with Crippen LogP contribution < -0.4 is 5.73 Å². The maximum Gasteiger partial charge on any atom is 0.132 e. The quantitative estimate of drug-likeness (QED) is 0.834. The highest BCUT2D eigenvalue weighted by molar-refractivity contribution is 6.43. The molecule has 5 heteroatoms. The van der Waals surface area contributed by atoms with Gasteiger partial charge in [0.05, 0.1) is 16.6 Å². The lowest BCUT2D eigenvalue weighted by atomic mass is 9.95. The first-order chi connectivity index (χ1) is 9.77. The van der Waals surface area contributed by atoms with Gasteiger partial charge in [0.1, 0.15) is 17.3 Å². The summed E-state index contributed by atoms with van der Waals surface area (Å²) >= 11 is 12.3. The number of hydrogen-bond acceptors (Lipinski definition) is 2. The van der Waals surface area contributed by atoms with Gasteiger partial charge in [0.25, 0.3) is 0 Å². The highest BCUT2D eigenvalue weighted by Gasteiger charge is 2.26. The van der Waals surface area contributed by atoms with Gasteiger partial charge >= 0.3 is 0 Å². The largest absolute Gasteiger partial charge is 0.383 e. The summed E-state index contributed by atoms with van der Waals surface area (Å²) < 4.78 is 1.84. The van der Waals surface area contributed by atoms with E-state index in [4.69, 9.17) is 35.4 Å². The van der Waals surface area contributed by atoms with Crippen molar-refractivity contribution in [3.63, 3.8) is 0 Å². The number of rotatable bonds is 2. The van der Waals surface area contributed by atoms with Gasteiger partial charge in [0, 0.05) is 11.0 Å². The molecule has 0 aliphatic heterocycles. The van der Waals surface area contributed by atoms with Crippen LogP contribution in [0.25, 0.3) is 11.3 Å². The second kappa shape index (κ2) is 5.63. The molecule has 0 unspecified atom stereocenters. The summed E-state index contributed by atoms with van der Waals surface area (Å²) in [6, 6.07) is 5.40. The number of nitrogens with zero attached hydrogens (tertiary/aromatic N) is 2. The van der Waals surface area contributed by atoms with Gasteiger partial charge in [-0.05, 0) is 6.07 Å². The number of anilines is 1. The molecule has 2 N–H and O–H groups in total. The van der Waals surface area contributed by atoms with Crippen LogP contribution >= 0.6 is 23.2 Å². The molecular formula is C16H17Cl2N3. The lowest BCUT2D eigenvalue weighted by Gasteiger charge is -2.18. The average Bonchev–Trinajstić information content (AvgIpc) is 2.71. The number of aromatic nitrogens is 2. The highest BCUT2D eigenvalue weighted by atomic mass is 35.5. The van der Waals surface area contributed by atoms with Crippen LogP contribution in [0.1, 0.15) is 26.6 Å². The van der Waals surface area contributed by atoms with E-state index in [0.717, 1.165) is 5.82 Å². The summed E-state index contributed by atoms with van der Waals surface area (Å²) in [4.78, 5) is 4.67. The molecule has 1 aromatic heterocycles. The van der Waals surface area contributed by atoms with Crippen molar-refractivity contribution in [2.45, 2.75) is 32.7 Å². The Hall–Kier alpha value is -1.63. The molecule has 3 nitrogen and oxygen atoms in total. The van der Waals surface area contributed by atoms with E-state index in [0.29, 0.717) is 33.7 Å². The van der Waals surface area contributed by atoms with Gasteiger partial charge in [-0.3, -0.25) is 0 Å². The molecule has 0 aliphatic rings. The summed E-state index contributed by atoms with van der Waals surface area (Å²) in [5.41, 5.74) is 7.38.